The molecular formula is C10H13BrOS. The second-order valence-corrected chi connectivity index (χ2v) is 5.90. The molecule has 1 rings (SSSR count). The largest absolute Gasteiger partial charge is 0.299 e. The van der Waals surface area contributed by atoms with E-state index in [0.717, 1.165) is 9.35 Å². The van der Waals surface area contributed by atoms with E-state index < -0.39 is 0 Å². The Morgan fingerprint density at radius 3 is 2.54 bits per heavy atom. The Labute approximate surface area is 91.3 Å². The molecule has 0 aliphatic heterocycles. The Bertz CT molecular complexity index is 309. The van der Waals surface area contributed by atoms with Crippen LogP contribution in [0.25, 0.3) is 0 Å². The molecule has 0 amide bonds. The molecule has 0 saturated carbocycles. The third-order valence-electron chi connectivity index (χ3n) is 1.85. The number of carbonyl (C=O) groups excluding carboxylic acids is 1. The average Bonchev–Trinajstić information content (AvgIpc) is 2.34. The van der Waals surface area contributed by atoms with E-state index >= 15 is 0 Å². The lowest BCUT2D eigenvalue weighted by atomic mass is 9.89. The summed E-state index contributed by atoms with van der Waals surface area (Å²) in [5.74, 6) is 0.288. The van der Waals surface area contributed by atoms with Gasteiger partial charge < -0.3 is 0 Å². The van der Waals surface area contributed by atoms with Crippen LogP contribution in [0.15, 0.2) is 15.9 Å². The van der Waals surface area contributed by atoms with Gasteiger partial charge in [0, 0.05) is 21.2 Å². The molecule has 72 valence electrons. The van der Waals surface area contributed by atoms with Crippen LogP contribution in [0.2, 0.25) is 0 Å². The van der Waals surface area contributed by atoms with E-state index in [1.807, 2.05) is 32.2 Å². The summed E-state index contributed by atoms with van der Waals surface area (Å²) in [6.07, 6.45) is 0.543. The van der Waals surface area contributed by atoms with Gasteiger partial charge in [-0.15, -0.1) is 11.3 Å². The molecule has 1 nitrogen and oxygen atoms in total. The van der Waals surface area contributed by atoms with Gasteiger partial charge in [0.05, 0.1) is 0 Å². The fourth-order valence-electron chi connectivity index (χ4n) is 0.862. The molecule has 1 aromatic heterocycles. The van der Waals surface area contributed by atoms with Crippen molar-refractivity contribution >= 4 is 33.0 Å². The summed E-state index contributed by atoms with van der Waals surface area (Å²) in [6.45, 7) is 5.87. The first-order valence-electron chi connectivity index (χ1n) is 4.16. The van der Waals surface area contributed by atoms with Crippen LogP contribution in [0.4, 0.5) is 0 Å². The summed E-state index contributed by atoms with van der Waals surface area (Å²) in [5, 5.41) is 2.00. The third-order valence-corrected chi connectivity index (χ3v) is 3.78. The van der Waals surface area contributed by atoms with Crippen molar-refractivity contribution in [3.63, 3.8) is 0 Å². The molecule has 0 N–H and O–H groups in total. The average molecular weight is 261 g/mol. The van der Waals surface area contributed by atoms with Crippen molar-refractivity contribution in [1.29, 1.82) is 0 Å². The van der Waals surface area contributed by atoms with Crippen LogP contribution < -0.4 is 0 Å². The predicted molar refractivity (Wildman–Crippen MR) is 60.2 cm³/mol. The molecule has 0 aromatic carbocycles. The number of rotatable bonds is 2. The number of Topliss-reactive ketones (excluding diaryl/α,β-unsaturated/α-hetero) is 1. The summed E-state index contributed by atoms with van der Waals surface area (Å²) in [4.78, 5) is 12.8. The molecule has 0 unspecified atom stereocenters. The minimum atomic E-state index is -0.233. The zero-order chi connectivity index (χ0) is 10.1. The SMILES string of the molecule is CC(C)(C)C(=O)Cc1sccc1Br. The van der Waals surface area contributed by atoms with E-state index in [4.69, 9.17) is 0 Å². The lowest BCUT2D eigenvalue weighted by Gasteiger charge is -2.15. The maximum atomic E-state index is 11.7. The van der Waals surface area contributed by atoms with Gasteiger partial charge in [-0.1, -0.05) is 20.8 Å². The molecule has 1 heterocycles. The number of carbonyl (C=O) groups is 1. The zero-order valence-corrected chi connectivity index (χ0v) is 10.5. The molecule has 0 aliphatic rings. The van der Waals surface area contributed by atoms with E-state index in [0.29, 0.717) is 6.42 Å². The van der Waals surface area contributed by atoms with Gasteiger partial charge in [-0.3, -0.25) is 4.79 Å². The quantitative estimate of drug-likeness (QED) is 0.793. The number of halogens is 1. The molecule has 0 atom stereocenters. The van der Waals surface area contributed by atoms with Crippen molar-refractivity contribution in [2.45, 2.75) is 27.2 Å². The fraction of sp³-hybridized carbons (Fsp3) is 0.500. The highest BCUT2D eigenvalue weighted by Gasteiger charge is 2.22. The van der Waals surface area contributed by atoms with E-state index in [2.05, 4.69) is 15.9 Å². The van der Waals surface area contributed by atoms with E-state index in [-0.39, 0.29) is 11.2 Å². The standard InChI is InChI=1S/C10H13BrOS/c1-10(2,3)9(12)6-8-7(11)4-5-13-8/h4-5H,6H2,1-3H3. The second kappa shape index (κ2) is 3.93. The van der Waals surface area contributed by atoms with Crippen molar-refractivity contribution in [3.05, 3.63) is 20.8 Å². The summed E-state index contributed by atoms with van der Waals surface area (Å²) < 4.78 is 1.05. The maximum Gasteiger partial charge on any atom is 0.143 e. The molecule has 0 bridgehead atoms. The second-order valence-electron chi connectivity index (χ2n) is 4.04. The van der Waals surface area contributed by atoms with Crippen molar-refractivity contribution in [2.75, 3.05) is 0 Å². The van der Waals surface area contributed by atoms with Gasteiger partial charge in [-0.25, -0.2) is 0 Å². The van der Waals surface area contributed by atoms with Crippen molar-refractivity contribution in [2.24, 2.45) is 5.41 Å². The highest BCUT2D eigenvalue weighted by molar-refractivity contribution is 9.10. The molecule has 1 aromatic rings. The highest BCUT2D eigenvalue weighted by atomic mass is 79.9. The van der Waals surface area contributed by atoms with Gasteiger partial charge in [0.1, 0.15) is 5.78 Å². The molecular weight excluding hydrogens is 248 g/mol. The van der Waals surface area contributed by atoms with Crippen LogP contribution >= 0.6 is 27.3 Å². The van der Waals surface area contributed by atoms with Crippen LogP contribution in [-0.2, 0) is 11.2 Å². The normalized spacial score (nSPS) is 11.7. The maximum absolute atomic E-state index is 11.7. The van der Waals surface area contributed by atoms with Gasteiger partial charge in [-0.05, 0) is 27.4 Å². The van der Waals surface area contributed by atoms with Gasteiger partial charge in [0.2, 0.25) is 0 Å². The molecule has 3 heteroatoms. The van der Waals surface area contributed by atoms with Crippen LogP contribution in [0.3, 0.4) is 0 Å². The van der Waals surface area contributed by atoms with Gasteiger partial charge >= 0.3 is 0 Å². The summed E-state index contributed by atoms with van der Waals surface area (Å²) >= 11 is 5.05. The Balaban J connectivity index is 2.71. The van der Waals surface area contributed by atoms with Gasteiger partial charge in [0.15, 0.2) is 0 Å². The molecule has 0 radical (unpaired) electrons. The van der Waals surface area contributed by atoms with E-state index in [1.54, 1.807) is 11.3 Å². The number of thiophene rings is 1. The first-order chi connectivity index (χ1) is 5.91. The Morgan fingerprint density at radius 2 is 2.15 bits per heavy atom. The number of hydrogen-bond acceptors (Lipinski definition) is 2. The molecule has 0 saturated heterocycles. The minimum absolute atomic E-state index is 0.233. The van der Waals surface area contributed by atoms with Crippen molar-refractivity contribution in [1.82, 2.24) is 0 Å². The molecule has 0 spiro atoms. The van der Waals surface area contributed by atoms with E-state index in [9.17, 15) is 4.79 Å². The Hall–Kier alpha value is -0.150. The van der Waals surface area contributed by atoms with Crippen LogP contribution in [0, 0.1) is 5.41 Å². The van der Waals surface area contributed by atoms with Gasteiger partial charge in [0.25, 0.3) is 0 Å². The Morgan fingerprint density at radius 1 is 1.54 bits per heavy atom. The zero-order valence-electron chi connectivity index (χ0n) is 8.06. The number of hydrogen-bond donors (Lipinski definition) is 0. The van der Waals surface area contributed by atoms with Crippen LogP contribution in [-0.4, -0.2) is 5.78 Å². The highest BCUT2D eigenvalue weighted by Crippen LogP contribution is 2.26. The summed E-state index contributed by atoms with van der Waals surface area (Å²) in [6, 6.07) is 1.98. The number of ketones is 1. The van der Waals surface area contributed by atoms with Gasteiger partial charge in [-0.2, -0.15) is 0 Å². The lowest BCUT2D eigenvalue weighted by Crippen LogP contribution is -2.21. The third kappa shape index (κ3) is 2.92. The first-order valence-corrected chi connectivity index (χ1v) is 5.83. The topological polar surface area (TPSA) is 17.1 Å². The summed E-state index contributed by atoms with van der Waals surface area (Å²) in [7, 11) is 0. The fourth-order valence-corrected chi connectivity index (χ4v) is 2.35. The van der Waals surface area contributed by atoms with Crippen LogP contribution in [0.1, 0.15) is 25.6 Å². The molecule has 0 aliphatic carbocycles. The molecule has 0 fully saturated rings. The monoisotopic (exact) mass is 260 g/mol. The Kier molecular flexibility index (Phi) is 3.30. The predicted octanol–water partition coefficient (Wildman–Crippen LogP) is 3.67. The first kappa shape index (κ1) is 10.9. The smallest absolute Gasteiger partial charge is 0.143 e. The lowest BCUT2D eigenvalue weighted by molar-refractivity contribution is -0.125. The van der Waals surface area contributed by atoms with Crippen LogP contribution in [0.5, 0.6) is 0 Å². The minimum Gasteiger partial charge on any atom is -0.299 e. The van der Waals surface area contributed by atoms with Crippen molar-refractivity contribution in [3.8, 4) is 0 Å². The van der Waals surface area contributed by atoms with E-state index in [1.165, 1.54) is 0 Å². The summed E-state index contributed by atoms with van der Waals surface area (Å²) in [5.41, 5.74) is -0.233. The molecule has 13 heavy (non-hydrogen) atoms. The van der Waals surface area contributed by atoms with Crippen molar-refractivity contribution < 1.29 is 4.79 Å².